The van der Waals surface area contributed by atoms with Crippen LogP contribution in [-0.2, 0) is 0 Å². The van der Waals surface area contributed by atoms with Crippen molar-refractivity contribution in [2.24, 2.45) is 0 Å². The van der Waals surface area contributed by atoms with Crippen molar-refractivity contribution < 1.29 is 8.78 Å². The molecule has 1 heterocycles. The highest BCUT2D eigenvalue weighted by Crippen LogP contribution is 2.46. The van der Waals surface area contributed by atoms with Crippen molar-refractivity contribution in [1.29, 1.82) is 0 Å². The van der Waals surface area contributed by atoms with Crippen LogP contribution >= 0.6 is 24.0 Å². The number of benzene rings is 2. The van der Waals surface area contributed by atoms with E-state index >= 15 is 0 Å². The summed E-state index contributed by atoms with van der Waals surface area (Å²) in [6.07, 6.45) is -0.0700. The number of nitrogens with zero attached hydrogens (tertiary/aromatic N) is 2. The molecule has 1 aliphatic rings. The number of hydrogen-bond acceptors (Lipinski definition) is 3. The molecule has 0 saturated carbocycles. The van der Waals surface area contributed by atoms with Crippen LogP contribution in [0.5, 0.6) is 0 Å². The third kappa shape index (κ3) is 3.71. The van der Waals surface area contributed by atoms with Crippen LogP contribution < -0.4 is 0 Å². The van der Waals surface area contributed by atoms with Gasteiger partial charge in [0.05, 0.1) is 5.37 Å². The van der Waals surface area contributed by atoms with Gasteiger partial charge < -0.3 is 4.90 Å². The van der Waals surface area contributed by atoms with Crippen molar-refractivity contribution >= 4 is 28.3 Å². The van der Waals surface area contributed by atoms with Crippen molar-refractivity contribution in [2.45, 2.75) is 25.4 Å². The summed E-state index contributed by atoms with van der Waals surface area (Å²) in [4.78, 5) is 4.46. The summed E-state index contributed by atoms with van der Waals surface area (Å²) in [6.45, 7) is 5.71. The second-order valence-corrected chi connectivity index (χ2v) is 7.54. The second-order valence-electron chi connectivity index (χ2n) is 5.83. The van der Waals surface area contributed by atoms with Crippen LogP contribution in [0.2, 0.25) is 0 Å². The monoisotopic (exact) mass is 378 g/mol. The van der Waals surface area contributed by atoms with E-state index in [1.54, 1.807) is 11.8 Å². The van der Waals surface area contributed by atoms with Crippen LogP contribution in [0.3, 0.4) is 0 Å². The van der Waals surface area contributed by atoms with Gasteiger partial charge in [-0.25, -0.2) is 8.78 Å². The Morgan fingerprint density at radius 3 is 1.88 bits per heavy atom. The van der Waals surface area contributed by atoms with Crippen molar-refractivity contribution in [3.05, 3.63) is 71.3 Å². The molecule has 0 aliphatic carbocycles. The first-order valence-electron chi connectivity index (χ1n) is 8.29. The molecule has 6 heteroatoms. The minimum absolute atomic E-state index is 0.00375. The van der Waals surface area contributed by atoms with Gasteiger partial charge in [0.15, 0.2) is 0 Å². The van der Waals surface area contributed by atoms with E-state index < -0.39 is 0 Å². The summed E-state index contributed by atoms with van der Waals surface area (Å²) >= 11 is 7.25. The Kier molecular flexibility index (Phi) is 5.71. The zero-order valence-corrected chi connectivity index (χ0v) is 15.8. The lowest BCUT2D eigenvalue weighted by Gasteiger charge is -2.48. The average molecular weight is 379 g/mol. The predicted octanol–water partition coefficient (Wildman–Crippen LogP) is 5.34. The van der Waals surface area contributed by atoms with Gasteiger partial charge in [0.1, 0.15) is 22.1 Å². The van der Waals surface area contributed by atoms with Crippen LogP contribution in [0.1, 0.15) is 36.5 Å². The molecule has 2 nitrogen and oxygen atoms in total. The normalized spacial score (nSPS) is 21.6. The van der Waals surface area contributed by atoms with Gasteiger partial charge in [-0.1, -0.05) is 55.2 Å². The Labute approximate surface area is 156 Å². The molecule has 0 spiro atoms. The van der Waals surface area contributed by atoms with E-state index in [0.29, 0.717) is 0 Å². The van der Waals surface area contributed by atoms with E-state index in [2.05, 4.69) is 23.6 Å². The molecule has 1 saturated heterocycles. The molecule has 0 N–H and O–H groups in total. The van der Waals surface area contributed by atoms with Crippen molar-refractivity contribution in [2.75, 3.05) is 13.1 Å². The highest BCUT2D eigenvalue weighted by atomic mass is 32.2. The van der Waals surface area contributed by atoms with Crippen LogP contribution in [0.25, 0.3) is 0 Å². The summed E-state index contributed by atoms with van der Waals surface area (Å²) in [5.74, 6) is -0.502. The van der Waals surface area contributed by atoms with Crippen molar-refractivity contribution in [3.63, 3.8) is 0 Å². The maximum atomic E-state index is 13.4. The standard InChI is InChI=1S/C19H20F2N2S2/c1-3-22-17(13-5-9-15(20)10-6-13)23(4-2)19(24)25-18(22)14-7-11-16(21)12-8-14/h5-12,17-18H,3-4H2,1-2H3. The lowest BCUT2D eigenvalue weighted by Crippen LogP contribution is -2.48. The number of hydrogen-bond donors (Lipinski definition) is 0. The predicted molar refractivity (Wildman–Crippen MR) is 103 cm³/mol. The van der Waals surface area contributed by atoms with E-state index in [4.69, 9.17) is 12.2 Å². The lowest BCUT2D eigenvalue weighted by atomic mass is 10.1. The largest absolute Gasteiger partial charge is 0.338 e. The molecule has 1 aliphatic heterocycles. The summed E-state index contributed by atoms with van der Waals surface area (Å²) in [6, 6.07) is 13.2. The summed E-state index contributed by atoms with van der Waals surface area (Å²) < 4.78 is 27.5. The molecule has 1 fully saturated rings. The molecule has 25 heavy (non-hydrogen) atoms. The number of rotatable bonds is 4. The Balaban J connectivity index is 2.03. The molecule has 132 valence electrons. The van der Waals surface area contributed by atoms with Gasteiger partial charge in [0.25, 0.3) is 0 Å². The van der Waals surface area contributed by atoms with Gasteiger partial charge in [-0.2, -0.15) is 0 Å². The lowest BCUT2D eigenvalue weighted by molar-refractivity contribution is 0.0851. The van der Waals surface area contributed by atoms with Gasteiger partial charge in [-0.15, -0.1) is 0 Å². The average Bonchev–Trinajstić information content (AvgIpc) is 2.62. The maximum absolute atomic E-state index is 13.4. The second kappa shape index (κ2) is 7.81. The van der Waals surface area contributed by atoms with Crippen LogP contribution in [-0.4, -0.2) is 27.2 Å². The van der Waals surface area contributed by atoms with Crippen LogP contribution in [0, 0.1) is 11.6 Å². The third-order valence-corrected chi connectivity index (χ3v) is 6.11. The fourth-order valence-electron chi connectivity index (χ4n) is 3.17. The topological polar surface area (TPSA) is 6.48 Å². The highest BCUT2D eigenvalue weighted by Gasteiger charge is 2.38. The van der Waals surface area contributed by atoms with Crippen molar-refractivity contribution in [1.82, 2.24) is 9.80 Å². The first kappa shape index (κ1) is 18.3. The first-order chi connectivity index (χ1) is 12.0. The SMILES string of the molecule is CCN1C(=S)SC(c2ccc(F)cc2)N(CC)C1c1ccc(F)cc1. The van der Waals surface area contributed by atoms with E-state index in [-0.39, 0.29) is 23.2 Å². The fraction of sp³-hybridized carbons (Fsp3) is 0.316. The van der Waals surface area contributed by atoms with Gasteiger partial charge in [0, 0.05) is 6.54 Å². The molecule has 2 atom stereocenters. The fourth-order valence-corrected chi connectivity index (χ4v) is 4.92. The number of halogens is 2. The molecule has 2 aromatic rings. The van der Waals surface area contributed by atoms with Crippen molar-refractivity contribution in [3.8, 4) is 0 Å². The first-order valence-corrected chi connectivity index (χ1v) is 9.57. The Morgan fingerprint density at radius 1 is 0.880 bits per heavy atom. The van der Waals surface area contributed by atoms with Crippen LogP contribution in [0.15, 0.2) is 48.5 Å². The molecule has 2 aromatic carbocycles. The molecule has 0 bridgehead atoms. The molecule has 2 unspecified atom stereocenters. The quantitative estimate of drug-likeness (QED) is 0.663. The Morgan fingerprint density at radius 2 is 1.40 bits per heavy atom. The molecule has 3 rings (SSSR count). The Bertz CT molecular complexity index is 734. The number of thioether (sulfide) groups is 1. The summed E-state index contributed by atoms with van der Waals surface area (Å²) in [5.41, 5.74) is 2.01. The zero-order chi connectivity index (χ0) is 18.0. The third-order valence-electron chi connectivity index (χ3n) is 4.39. The molecule has 0 amide bonds. The number of thiocarbonyl (C=S) groups is 1. The smallest absolute Gasteiger partial charge is 0.139 e. The van der Waals surface area contributed by atoms with E-state index in [9.17, 15) is 8.78 Å². The van der Waals surface area contributed by atoms with Gasteiger partial charge in [-0.3, -0.25) is 4.90 Å². The molecular formula is C19H20F2N2S2. The zero-order valence-electron chi connectivity index (χ0n) is 14.2. The Hall–Kier alpha value is -1.50. The summed E-state index contributed by atoms with van der Waals surface area (Å²) in [5, 5.41) is -0.00375. The molecule has 0 radical (unpaired) electrons. The maximum Gasteiger partial charge on any atom is 0.139 e. The van der Waals surface area contributed by atoms with E-state index in [0.717, 1.165) is 28.5 Å². The van der Waals surface area contributed by atoms with E-state index in [1.165, 1.54) is 24.3 Å². The van der Waals surface area contributed by atoms with Gasteiger partial charge in [0.2, 0.25) is 0 Å². The van der Waals surface area contributed by atoms with Crippen LogP contribution in [0.4, 0.5) is 8.78 Å². The van der Waals surface area contributed by atoms with E-state index in [1.807, 2.05) is 24.3 Å². The van der Waals surface area contributed by atoms with Gasteiger partial charge >= 0.3 is 0 Å². The minimum atomic E-state index is -0.252. The highest BCUT2D eigenvalue weighted by molar-refractivity contribution is 8.23. The van der Waals surface area contributed by atoms with Gasteiger partial charge in [-0.05, 0) is 48.9 Å². The molecule has 0 aromatic heterocycles. The summed E-state index contributed by atoms with van der Waals surface area (Å²) in [7, 11) is 0. The minimum Gasteiger partial charge on any atom is -0.338 e. The molecular weight excluding hydrogens is 358 g/mol.